The van der Waals surface area contributed by atoms with Gasteiger partial charge in [-0.1, -0.05) is 23.7 Å². The number of carbonyl (C=O) groups excluding carboxylic acids is 2. The molecule has 0 aromatic heterocycles. The fourth-order valence-corrected chi connectivity index (χ4v) is 6.98. The number of alkyl halides is 3. The monoisotopic (exact) mass is 684 g/mol. The van der Waals surface area contributed by atoms with Crippen LogP contribution in [0, 0.1) is 17.7 Å². The highest BCUT2D eigenvalue weighted by molar-refractivity contribution is 7.89. The van der Waals surface area contributed by atoms with Crippen molar-refractivity contribution in [3.63, 3.8) is 0 Å². The number of methoxy groups -OCH3 is 1. The Balaban J connectivity index is 1.62. The number of ether oxygens (including phenoxy) is 2. The summed E-state index contributed by atoms with van der Waals surface area (Å²) in [6.45, 7) is 2.04. The molecule has 0 unspecified atom stereocenters. The summed E-state index contributed by atoms with van der Waals surface area (Å²) in [6.07, 6.45) is -2.49. The number of hydrogen-bond acceptors (Lipinski definition) is 6. The van der Waals surface area contributed by atoms with Gasteiger partial charge in [0.1, 0.15) is 11.6 Å². The van der Waals surface area contributed by atoms with Gasteiger partial charge in [-0.3, -0.25) is 9.59 Å². The molecule has 3 aromatic carbocycles. The number of benzene rings is 3. The van der Waals surface area contributed by atoms with Crippen LogP contribution in [0.1, 0.15) is 54.1 Å². The van der Waals surface area contributed by atoms with Gasteiger partial charge in [-0.05, 0) is 92.6 Å². The fraction of sp³-hybridized carbons (Fsp3) is 0.375. The quantitative estimate of drug-likeness (QED) is 0.168. The molecule has 0 saturated heterocycles. The Morgan fingerprint density at radius 2 is 1.67 bits per heavy atom. The Hall–Kier alpha value is -3.68. The number of carbonyl (C=O) groups is 2. The number of amides is 1. The topological polar surface area (TPSA) is 102 Å². The van der Waals surface area contributed by atoms with E-state index < -0.39 is 44.7 Å². The van der Waals surface area contributed by atoms with Gasteiger partial charge in [0.15, 0.2) is 0 Å². The lowest BCUT2D eigenvalue weighted by atomic mass is 9.82. The van der Waals surface area contributed by atoms with Gasteiger partial charge in [0.25, 0.3) is 5.91 Å². The van der Waals surface area contributed by atoms with Crippen molar-refractivity contribution in [2.45, 2.75) is 50.2 Å². The molecule has 14 heteroatoms. The van der Waals surface area contributed by atoms with Crippen molar-refractivity contribution in [1.82, 2.24) is 4.31 Å². The zero-order valence-electron chi connectivity index (χ0n) is 25.1. The van der Waals surface area contributed by atoms with Crippen LogP contribution in [0.15, 0.2) is 65.6 Å². The predicted octanol–water partition coefficient (Wildman–Crippen LogP) is 7.32. The first-order chi connectivity index (χ1) is 21.7. The van der Waals surface area contributed by atoms with Gasteiger partial charge in [0, 0.05) is 13.1 Å². The minimum absolute atomic E-state index is 0.0527. The van der Waals surface area contributed by atoms with Gasteiger partial charge in [-0.15, -0.1) is 0 Å². The van der Waals surface area contributed by atoms with Crippen molar-refractivity contribution in [1.29, 1.82) is 0 Å². The number of halogens is 5. The molecule has 8 nitrogen and oxygen atoms in total. The van der Waals surface area contributed by atoms with Crippen LogP contribution in [0.4, 0.5) is 23.2 Å². The minimum Gasteiger partial charge on any atom is -0.497 e. The van der Waals surface area contributed by atoms with Crippen LogP contribution in [0.5, 0.6) is 5.75 Å². The average Bonchev–Trinajstić information content (AvgIpc) is 3.02. The Bertz CT molecular complexity index is 1660. The first kappa shape index (κ1) is 35.2. The average molecular weight is 685 g/mol. The molecule has 0 atom stereocenters. The zero-order chi connectivity index (χ0) is 33.6. The molecule has 0 heterocycles. The third kappa shape index (κ3) is 8.56. The van der Waals surface area contributed by atoms with Gasteiger partial charge >= 0.3 is 12.1 Å². The zero-order valence-corrected chi connectivity index (χ0v) is 26.6. The van der Waals surface area contributed by atoms with E-state index in [1.807, 2.05) is 0 Å². The van der Waals surface area contributed by atoms with Crippen LogP contribution in [-0.2, 0) is 32.3 Å². The summed E-state index contributed by atoms with van der Waals surface area (Å²) in [6, 6.07) is 11.7. The number of nitrogens with one attached hydrogen (secondary N) is 1. The Labute approximate surface area is 269 Å². The van der Waals surface area contributed by atoms with Crippen LogP contribution in [0.25, 0.3) is 0 Å². The van der Waals surface area contributed by atoms with Gasteiger partial charge in [0.2, 0.25) is 10.0 Å². The number of nitrogens with zero attached hydrogens (tertiary/aromatic N) is 1. The molecule has 4 rings (SSSR count). The van der Waals surface area contributed by atoms with Crippen LogP contribution in [0.2, 0.25) is 5.02 Å². The van der Waals surface area contributed by atoms with Crippen LogP contribution < -0.4 is 10.1 Å². The SMILES string of the molecule is CCOC(=O)C1CCC(CN(Cc2ccc(OC)cc2)S(=O)(=O)c2ccc(F)c(C(=O)Nc3cc(C(F)(F)F)ccc3Cl)c2)CC1. The molecule has 46 heavy (non-hydrogen) atoms. The highest BCUT2D eigenvalue weighted by Gasteiger charge is 2.34. The predicted molar refractivity (Wildman–Crippen MR) is 163 cm³/mol. The van der Waals surface area contributed by atoms with Crippen molar-refractivity contribution in [2.24, 2.45) is 11.8 Å². The minimum atomic E-state index is -4.73. The van der Waals surface area contributed by atoms with E-state index in [-0.39, 0.29) is 47.4 Å². The molecule has 0 spiro atoms. The molecule has 1 aliphatic carbocycles. The summed E-state index contributed by atoms with van der Waals surface area (Å²) in [4.78, 5) is 24.9. The second-order valence-corrected chi connectivity index (χ2v) is 13.2. The molecule has 0 bridgehead atoms. The van der Waals surface area contributed by atoms with E-state index >= 15 is 0 Å². The summed E-state index contributed by atoms with van der Waals surface area (Å²) in [7, 11) is -2.84. The summed E-state index contributed by atoms with van der Waals surface area (Å²) >= 11 is 5.98. The maximum absolute atomic E-state index is 14.9. The molecule has 1 saturated carbocycles. The van der Waals surface area contributed by atoms with Crippen molar-refractivity contribution in [2.75, 3.05) is 25.6 Å². The largest absolute Gasteiger partial charge is 0.497 e. The van der Waals surface area contributed by atoms with E-state index in [2.05, 4.69) is 5.32 Å². The van der Waals surface area contributed by atoms with E-state index in [0.29, 0.717) is 43.1 Å². The summed E-state index contributed by atoms with van der Waals surface area (Å²) in [5, 5.41) is 1.93. The molecular formula is C32H33ClF4N2O6S. The van der Waals surface area contributed by atoms with Crippen molar-refractivity contribution < 1.29 is 45.0 Å². The van der Waals surface area contributed by atoms with E-state index in [0.717, 1.165) is 30.3 Å². The first-order valence-electron chi connectivity index (χ1n) is 14.5. The number of rotatable bonds is 11. The number of esters is 1. The summed E-state index contributed by atoms with van der Waals surface area (Å²) in [5.74, 6) is -2.32. The van der Waals surface area contributed by atoms with E-state index in [4.69, 9.17) is 21.1 Å². The lowest BCUT2D eigenvalue weighted by Crippen LogP contribution is -2.37. The summed E-state index contributed by atoms with van der Waals surface area (Å²) in [5.41, 5.74) is -1.57. The van der Waals surface area contributed by atoms with Crippen LogP contribution >= 0.6 is 11.6 Å². The van der Waals surface area contributed by atoms with Crippen LogP contribution in [-0.4, -0.2) is 44.9 Å². The molecule has 3 aromatic rings. The standard InChI is InChI=1S/C32H33ClF4N2O6S/c1-3-45-31(41)22-8-4-20(5-9-22)18-39(19-21-6-11-24(44-2)12-7-21)46(42,43)25-13-15-28(34)26(17-25)30(40)38-29-16-23(32(35,36)37)10-14-27(29)33/h6-7,10-17,20,22H,3-5,8-9,18-19H2,1-2H3,(H,38,40). The molecule has 0 aliphatic heterocycles. The third-order valence-electron chi connectivity index (χ3n) is 7.81. The van der Waals surface area contributed by atoms with Crippen LogP contribution in [0.3, 0.4) is 0 Å². The van der Waals surface area contributed by atoms with Gasteiger partial charge in [-0.25, -0.2) is 12.8 Å². The molecule has 1 aliphatic rings. The fourth-order valence-electron chi connectivity index (χ4n) is 5.29. The maximum Gasteiger partial charge on any atom is 0.416 e. The van der Waals surface area contributed by atoms with E-state index in [9.17, 15) is 35.6 Å². The molecule has 1 N–H and O–H groups in total. The number of hydrogen-bond donors (Lipinski definition) is 1. The normalized spacial score (nSPS) is 17.0. The van der Waals surface area contributed by atoms with Crippen molar-refractivity contribution in [3.05, 3.63) is 88.2 Å². The second-order valence-electron chi connectivity index (χ2n) is 10.9. The van der Waals surface area contributed by atoms with Crippen molar-refractivity contribution in [3.8, 4) is 5.75 Å². The Kier molecular flexibility index (Phi) is 11.3. The number of anilines is 1. The lowest BCUT2D eigenvalue weighted by molar-refractivity contribution is -0.149. The summed E-state index contributed by atoms with van der Waals surface area (Å²) < 4.78 is 94.3. The number of sulfonamides is 1. The van der Waals surface area contributed by atoms with E-state index in [1.165, 1.54) is 11.4 Å². The van der Waals surface area contributed by atoms with E-state index in [1.54, 1.807) is 31.2 Å². The molecular weight excluding hydrogens is 652 g/mol. The smallest absolute Gasteiger partial charge is 0.416 e. The Morgan fingerprint density at radius 1 is 1.00 bits per heavy atom. The maximum atomic E-state index is 14.9. The van der Waals surface area contributed by atoms with Crippen molar-refractivity contribution >= 4 is 39.2 Å². The van der Waals surface area contributed by atoms with Gasteiger partial charge in [0.05, 0.1) is 46.4 Å². The first-order valence-corrected chi connectivity index (χ1v) is 16.3. The molecule has 1 amide bonds. The molecule has 1 fully saturated rings. The second kappa shape index (κ2) is 14.8. The highest BCUT2D eigenvalue weighted by atomic mass is 35.5. The molecule has 248 valence electrons. The highest BCUT2D eigenvalue weighted by Crippen LogP contribution is 2.35. The lowest BCUT2D eigenvalue weighted by Gasteiger charge is -2.31. The third-order valence-corrected chi connectivity index (χ3v) is 9.95. The van der Waals surface area contributed by atoms with Gasteiger partial charge < -0.3 is 14.8 Å². The van der Waals surface area contributed by atoms with Gasteiger partial charge in [-0.2, -0.15) is 17.5 Å². The molecule has 0 radical (unpaired) electrons. The Morgan fingerprint density at radius 3 is 2.28 bits per heavy atom.